The van der Waals surface area contributed by atoms with Crippen molar-refractivity contribution < 1.29 is 4.92 Å². The average molecular weight is 368 g/mol. The lowest BCUT2D eigenvalue weighted by atomic mass is 10.1. The zero-order valence-electron chi connectivity index (χ0n) is 11.0. The third-order valence-corrected chi connectivity index (χ3v) is 4.40. The van der Waals surface area contributed by atoms with Gasteiger partial charge in [0, 0.05) is 15.6 Å². The number of anilines is 1. The molecule has 1 aliphatic rings. The molecule has 2 aromatic rings. The molecule has 0 saturated carbocycles. The summed E-state index contributed by atoms with van der Waals surface area (Å²) < 4.78 is 0.693. The summed E-state index contributed by atoms with van der Waals surface area (Å²) in [7, 11) is 0. The Bertz CT molecular complexity index is 721. The quantitative estimate of drug-likeness (QED) is 0.606. The number of hydrogen-bond donors (Lipinski definition) is 1. The van der Waals surface area contributed by atoms with E-state index < -0.39 is 0 Å². The second kappa shape index (κ2) is 5.66. The van der Waals surface area contributed by atoms with E-state index in [1.807, 2.05) is 18.2 Å². The minimum atomic E-state index is -0.370. The second-order valence-electron chi connectivity index (χ2n) is 5.00. The molecule has 0 bridgehead atoms. The Morgan fingerprint density at radius 1 is 1.29 bits per heavy atom. The van der Waals surface area contributed by atoms with Gasteiger partial charge in [-0.05, 0) is 48.2 Å². The first-order chi connectivity index (χ1) is 10.0. The van der Waals surface area contributed by atoms with E-state index >= 15 is 0 Å². The minimum Gasteiger partial charge on any atom is -0.373 e. The normalized spacial score (nSPS) is 16.6. The predicted molar refractivity (Wildman–Crippen MR) is 86.9 cm³/mol. The van der Waals surface area contributed by atoms with Gasteiger partial charge in [0.2, 0.25) is 0 Å². The van der Waals surface area contributed by atoms with Gasteiger partial charge in [-0.1, -0.05) is 33.6 Å². The van der Waals surface area contributed by atoms with Crippen molar-refractivity contribution in [1.82, 2.24) is 0 Å². The number of nitrogens with one attached hydrogen (secondary N) is 1. The van der Waals surface area contributed by atoms with Gasteiger partial charge in [-0.25, -0.2) is 0 Å². The van der Waals surface area contributed by atoms with E-state index in [2.05, 4.69) is 21.2 Å². The highest BCUT2D eigenvalue weighted by atomic mass is 79.9. The number of benzene rings is 2. The molecule has 1 atom stereocenters. The van der Waals surface area contributed by atoms with Gasteiger partial charge in [0.05, 0.1) is 11.0 Å². The summed E-state index contributed by atoms with van der Waals surface area (Å²) in [5, 5.41) is 15.2. The van der Waals surface area contributed by atoms with Gasteiger partial charge in [-0.2, -0.15) is 0 Å². The highest BCUT2D eigenvalue weighted by molar-refractivity contribution is 9.10. The van der Waals surface area contributed by atoms with Gasteiger partial charge in [0.1, 0.15) is 5.69 Å². The molecule has 4 nitrogen and oxygen atoms in total. The lowest BCUT2D eigenvalue weighted by Crippen LogP contribution is -2.08. The lowest BCUT2D eigenvalue weighted by molar-refractivity contribution is -0.384. The molecule has 0 spiro atoms. The molecule has 1 N–H and O–H groups in total. The van der Waals surface area contributed by atoms with Crippen LogP contribution in [0.25, 0.3) is 0 Å². The molecule has 0 amide bonds. The number of rotatable bonds is 3. The molecule has 3 rings (SSSR count). The second-order valence-corrected chi connectivity index (χ2v) is 6.35. The lowest BCUT2D eigenvalue weighted by Gasteiger charge is -2.15. The largest absolute Gasteiger partial charge is 0.373 e. The van der Waals surface area contributed by atoms with Crippen LogP contribution in [0.1, 0.15) is 23.6 Å². The van der Waals surface area contributed by atoms with E-state index in [4.69, 9.17) is 11.6 Å². The first kappa shape index (κ1) is 14.4. The Labute approximate surface area is 135 Å². The number of nitrogens with zero attached hydrogens (tertiary/aromatic N) is 1. The Kier molecular flexibility index (Phi) is 3.87. The number of aryl methyl sites for hydroxylation is 1. The molecule has 6 heteroatoms. The van der Waals surface area contributed by atoms with E-state index in [-0.39, 0.29) is 16.7 Å². The Hall–Kier alpha value is -1.59. The Morgan fingerprint density at radius 2 is 2.10 bits per heavy atom. The van der Waals surface area contributed by atoms with Crippen LogP contribution in [0.2, 0.25) is 5.02 Å². The van der Waals surface area contributed by atoms with Crippen LogP contribution in [0.5, 0.6) is 0 Å². The van der Waals surface area contributed by atoms with Crippen molar-refractivity contribution in [2.24, 2.45) is 0 Å². The maximum Gasteiger partial charge on any atom is 0.293 e. The fourth-order valence-electron chi connectivity index (χ4n) is 2.70. The van der Waals surface area contributed by atoms with E-state index in [1.165, 1.54) is 11.6 Å². The van der Waals surface area contributed by atoms with Crippen molar-refractivity contribution in [3.8, 4) is 0 Å². The third-order valence-electron chi connectivity index (χ3n) is 3.67. The molecule has 0 aliphatic heterocycles. The first-order valence-corrected chi connectivity index (χ1v) is 7.70. The maximum atomic E-state index is 11.2. The van der Waals surface area contributed by atoms with Crippen LogP contribution in [0.4, 0.5) is 11.4 Å². The number of halogens is 2. The fourth-order valence-corrected chi connectivity index (χ4v) is 3.25. The summed E-state index contributed by atoms with van der Waals surface area (Å²) in [6, 6.07) is 10.9. The molecule has 2 aromatic carbocycles. The summed E-state index contributed by atoms with van der Waals surface area (Å²) in [6.07, 6.45) is 1.83. The summed E-state index contributed by atoms with van der Waals surface area (Å²) in [5.74, 6) is 0. The number of nitro benzene ring substituents is 1. The number of nitro groups is 1. The molecule has 0 heterocycles. The van der Waals surface area contributed by atoms with Gasteiger partial charge >= 0.3 is 0 Å². The maximum absolute atomic E-state index is 11.2. The molecule has 108 valence electrons. The smallest absolute Gasteiger partial charge is 0.293 e. The Balaban J connectivity index is 1.91. The predicted octanol–water partition coefficient (Wildman–Crippen LogP) is 5.11. The summed E-state index contributed by atoms with van der Waals surface area (Å²) in [4.78, 5) is 10.8. The summed E-state index contributed by atoms with van der Waals surface area (Å²) in [6.45, 7) is 0. The average Bonchev–Trinajstić information content (AvgIpc) is 2.82. The minimum absolute atomic E-state index is 0.0757. The molecule has 0 aromatic heterocycles. The standard InChI is InChI=1S/C15H12BrClN2O2/c16-10-2-6-14(15(8-10)19(20)21)18-13-5-1-9-7-11(17)3-4-12(9)13/h2-4,6-8,13,18H,1,5H2. The molecule has 0 radical (unpaired) electrons. The fraction of sp³-hybridized carbons (Fsp3) is 0.200. The number of hydrogen-bond acceptors (Lipinski definition) is 3. The van der Waals surface area contributed by atoms with Crippen molar-refractivity contribution in [2.45, 2.75) is 18.9 Å². The van der Waals surface area contributed by atoms with Crippen LogP contribution in [-0.2, 0) is 6.42 Å². The molecular weight excluding hydrogens is 356 g/mol. The zero-order valence-corrected chi connectivity index (χ0v) is 13.3. The van der Waals surface area contributed by atoms with Gasteiger partial charge in [0.25, 0.3) is 5.69 Å². The van der Waals surface area contributed by atoms with Crippen molar-refractivity contribution in [2.75, 3.05) is 5.32 Å². The Morgan fingerprint density at radius 3 is 2.86 bits per heavy atom. The topological polar surface area (TPSA) is 55.2 Å². The highest BCUT2D eigenvalue weighted by Gasteiger charge is 2.25. The van der Waals surface area contributed by atoms with Crippen LogP contribution >= 0.6 is 27.5 Å². The molecule has 21 heavy (non-hydrogen) atoms. The summed E-state index contributed by atoms with van der Waals surface area (Å²) >= 11 is 9.26. The van der Waals surface area contributed by atoms with Crippen LogP contribution in [0.3, 0.4) is 0 Å². The van der Waals surface area contributed by atoms with Crippen LogP contribution in [-0.4, -0.2) is 4.92 Å². The van der Waals surface area contributed by atoms with Crippen molar-refractivity contribution >= 4 is 38.9 Å². The van der Waals surface area contributed by atoms with Crippen molar-refractivity contribution in [1.29, 1.82) is 0 Å². The summed E-state index contributed by atoms with van der Waals surface area (Å²) in [5.41, 5.74) is 2.99. The van der Waals surface area contributed by atoms with E-state index in [0.29, 0.717) is 10.2 Å². The van der Waals surface area contributed by atoms with Crippen LogP contribution < -0.4 is 5.32 Å². The third kappa shape index (κ3) is 2.89. The molecule has 1 unspecified atom stereocenters. The van der Waals surface area contributed by atoms with Gasteiger partial charge in [0.15, 0.2) is 0 Å². The van der Waals surface area contributed by atoms with E-state index in [1.54, 1.807) is 12.1 Å². The molecule has 0 fully saturated rings. The number of fused-ring (bicyclic) bond motifs is 1. The highest BCUT2D eigenvalue weighted by Crippen LogP contribution is 2.38. The molecule has 1 aliphatic carbocycles. The van der Waals surface area contributed by atoms with Gasteiger partial charge in [-0.15, -0.1) is 0 Å². The zero-order chi connectivity index (χ0) is 15.0. The van der Waals surface area contributed by atoms with Crippen LogP contribution in [0, 0.1) is 10.1 Å². The first-order valence-electron chi connectivity index (χ1n) is 6.53. The van der Waals surface area contributed by atoms with E-state index in [9.17, 15) is 10.1 Å². The van der Waals surface area contributed by atoms with Crippen molar-refractivity contribution in [3.05, 3.63) is 67.1 Å². The van der Waals surface area contributed by atoms with Gasteiger partial charge in [-0.3, -0.25) is 10.1 Å². The van der Waals surface area contributed by atoms with Gasteiger partial charge < -0.3 is 5.32 Å². The van der Waals surface area contributed by atoms with E-state index in [0.717, 1.165) is 23.4 Å². The molecule has 0 saturated heterocycles. The molecular formula is C15H12BrClN2O2. The monoisotopic (exact) mass is 366 g/mol. The van der Waals surface area contributed by atoms with Crippen LogP contribution in [0.15, 0.2) is 40.9 Å². The SMILES string of the molecule is O=[N+]([O-])c1cc(Br)ccc1NC1CCc2cc(Cl)ccc21. The van der Waals surface area contributed by atoms with Crippen molar-refractivity contribution in [3.63, 3.8) is 0 Å².